The van der Waals surface area contributed by atoms with Crippen LogP contribution in [0.15, 0.2) is 18.2 Å². The van der Waals surface area contributed by atoms with Crippen LogP contribution in [0.5, 0.6) is 5.75 Å². The second-order valence-corrected chi connectivity index (χ2v) is 7.44. The van der Waals surface area contributed by atoms with E-state index in [1.807, 2.05) is 4.90 Å². The second kappa shape index (κ2) is 7.09. The zero-order valence-corrected chi connectivity index (χ0v) is 13.0. The van der Waals surface area contributed by atoms with Crippen LogP contribution < -0.4 is 15.0 Å². The van der Waals surface area contributed by atoms with Gasteiger partial charge in [-0.1, -0.05) is 0 Å². The minimum Gasteiger partial charge on any atom is -0.492 e. The Labute approximate surface area is 125 Å². The molecule has 0 amide bonds. The van der Waals surface area contributed by atoms with Gasteiger partial charge in [0, 0.05) is 32.0 Å². The largest absolute Gasteiger partial charge is 0.492 e. The predicted molar refractivity (Wildman–Crippen MR) is 81.3 cm³/mol. The van der Waals surface area contributed by atoms with Gasteiger partial charge < -0.3 is 15.0 Å². The summed E-state index contributed by atoms with van der Waals surface area (Å²) in [5, 5.41) is 3.27. The Morgan fingerprint density at radius 2 is 2.14 bits per heavy atom. The lowest BCUT2D eigenvalue weighted by Crippen LogP contribution is -2.28. The van der Waals surface area contributed by atoms with Crippen LogP contribution in [0.25, 0.3) is 0 Å². The molecule has 21 heavy (non-hydrogen) atoms. The Bertz CT molecular complexity index is 570. The molecule has 1 N–H and O–H groups in total. The van der Waals surface area contributed by atoms with Crippen LogP contribution in [0.2, 0.25) is 0 Å². The molecule has 1 aromatic rings. The Hall–Kier alpha value is -1.34. The predicted octanol–water partition coefficient (Wildman–Crippen LogP) is 1.05. The maximum atomic E-state index is 14.2. The molecule has 118 valence electrons. The fourth-order valence-electron chi connectivity index (χ4n) is 2.23. The first-order valence-corrected chi connectivity index (χ1v) is 9.07. The summed E-state index contributed by atoms with van der Waals surface area (Å²) in [7, 11) is -3.07. The minimum absolute atomic E-state index is 0.0330. The summed E-state index contributed by atoms with van der Waals surface area (Å²) >= 11 is 0. The van der Waals surface area contributed by atoms with Crippen molar-refractivity contribution in [2.75, 3.05) is 49.7 Å². The zero-order chi connectivity index (χ0) is 15.3. The number of ether oxygens (including phenoxy) is 1. The van der Waals surface area contributed by atoms with Gasteiger partial charge in [0.25, 0.3) is 0 Å². The normalized spacial score (nSPS) is 16.6. The van der Waals surface area contributed by atoms with Gasteiger partial charge in [-0.2, -0.15) is 0 Å². The topological polar surface area (TPSA) is 58.6 Å². The molecule has 0 spiro atoms. The van der Waals surface area contributed by atoms with Crippen molar-refractivity contribution in [2.45, 2.75) is 6.42 Å². The lowest BCUT2D eigenvalue weighted by atomic mass is 10.2. The molecule has 1 aromatic carbocycles. The highest BCUT2D eigenvalue weighted by molar-refractivity contribution is 7.90. The average Bonchev–Trinajstić information content (AvgIpc) is 2.66. The van der Waals surface area contributed by atoms with Crippen molar-refractivity contribution >= 4 is 15.5 Å². The van der Waals surface area contributed by atoms with Gasteiger partial charge in [-0.05, 0) is 25.1 Å². The first-order valence-electron chi connectivity index (χ1n) is 7.01. The van der Waals surface area contributed by atoms with Crippen molar-refractivity contribution in [1.29, 1.82) is 0 Å². The molecule has 0 bridgehead atoms. The van der Waals surface area contributed by atoms with E-state index < -0.39 is 9.84 Å². The standard InChI is InChI=1S/C14H21FN2O3S/c1-21(18,19)10-9-20-12-3-4-14(13(15)11-12)17-7-2-5-16-6-8-17/h3-4,11,16H,2,5-10H2,1H3. The van der Waals surface area contributed by atoms with E-state index in [9.17, 15) is 12.8 Å². The number of rotatable bonds is 5. The number of nitrogens with one attached hydrogen (secondary N) is 1. The van der Waals surface area contributed by atoms with Gasteiger partial charge in [0.2, 0.25) is 0 Å². The fourth-order valence-corrected chi connectivity index (χ4v) is 2.62. The Kier molecular flexibility index (Phi) is 5.41. The number of hydrogen-bond donors (Lipinski definition) is 1. The molecular formula is C14H21FN2O3S. The Balaban J connectivity index is 1.99. The molecule has 1 fully saturated rings. The first-order chi connectivity index (χ1) is 9.96. The van der Waals surface area contributed by atoms with Gasteiger partial charge in [0.1, 0.15) is 18.2 Å². The molecule has 0 radical (unpaired) electrons. The monoisotopic (exact) mass is 316 g/mol. The van der Waals surface area contributed by atoms with E-state index in [2.05, 4.69) is 5.32 Å². The van der Waals surface area contributed by atoms with E-state index in [0.717, 1.165) is 38.9 Å². The van der Waals surface area contributed by atoms with Gasteiger partial charge in [-0.25, -0.2) is 12.8 Å². The number of halogens is 1. The minimum atomic E-state index is -3.07. The molecule has 0 saturated carbocycles. The Morgan fingerprint density at radius 3 is 2.86 bits per heavy atom. The fraction of sp³-hybridized carbons (Fsp3) is 0.571. The summed E-state index contributed by atoms with van der Waals surface area (Å²) in [5.74, 6) is -0.0599. The van der Waals surface area contributed by atoms with Crippen LogP contribution in [0.3, 0.4) is 0 Å². The molecule has 0 aromatic heterocycles. The van der Waals surface area contributed by atoms with Crippen LogP contribution >= 0.6 is 0 Å². The molecule has 0 unspecified atom stereocenters. The molecular weight excluding hydrogens is 295 g/mol. The summed E-state index contributed by atoms with van der Waals surface area (Å²) in [6.45, 7) is 3.41. The third-order valence-corrected chi connectivity index (χ3v) is 4.23. The summed E-state index contributed by atoms with van der Waals surface area (Å²) in [5.41, 5.74) is 0.564. The van der Waals surface area contributed by atoms with E-state index in [-0.39, 0.29) is 18.2 Å². The van der Waals surface area contributed by atoms with E-state index in [4.69, 9.17) is 4.74 Å². The number of sulfone groups is 1. The zero-order valence-electron chi connectivity index (χ0n) is 12.1. The highest BCUT2D eigenvalue weighted by Gasteiger charge is 2.14. The maximum Gasteiger partial charge on any atom is 0.150 e. The highest BCUT2D eigenvalue weighted by Crippen LogP contribution is 2.24. The van der Waals surface area contributed by atoms with Crippen LogP contribution in [0, 0.1) is 5.82 Å². The van der Waals surface area contributed by atoms with Crippen LogP contribution in [0.1, 0.15) is 6.42 Å². The molecule has 1 aliphatic rings. The van der Waals surface area contributed by atoms with E-state index in [1.54, 1.807) is 12.1 Å². The molecule has 0 atom stereocenters. The van der Waals surface area contributed by atoms with Crippen molar-refractivity contribution in [3.05, 3.63) is 24.0 Å². The van der Waals surface area contributed by atoms with Crippen molar-refractivity contribution in [1.82, 2.24) is 5.32 Å². The molecule has 1 heterocycles. The SMILES string of the molecule is CS(=O)(=O)CCOc1ccc(N2CCCNCC2)c(F)c1. The van der Waals surface area contributed by atoms with Crippen molar-refractivity contribution in [3.8, 4) is 5.75 Å². The van der Waals surface area contributed by atoms with Crippen LogP contribution in [-0.4, -0.2) is 53.2 Å². The summed E-state index contributed by atoms with van der Waals surface area (Å²) in [6, 6.07) is 4.69. The molecule has 5 nitrogen and oxygen atoms in total. The summed E-state index contributed by atoms with van der Waals surface area (Å²) in [4.78, 5) is 2.01. The number of anilines is 1. The summed E-state index contributed by atoms with van der Waals surface area (Å²) in [6.07, 6.45) is 2.12. The molecule has 7 heteroatoms. The number of nitrogens with zero attached hydrogens (tertiary/aromatic N) is 1. The van der Waals surface area contributed by atoms with Crippen molar-refractivity contribution in [3.63, 3.8) is 0 Å². The van der Waals surface area contributed by atoms with E-state index in [0.29, 0.717) is 11.4 Å². The van der Waals surface area contributed by atoms with Crippen LogP contribution in [-0.2, 0) is 9.84 Å². The van der Waals surface area contributed by atoms with Crippen molar-refractivity contribution in [2.24, 2.45) is 0 Å². The quantitative estimate of drug-likeness (QED) is 0.880. The molecule has 1 saturated heterocycles. The van der Waals surface area contributed by atoms with E-state index >= 15 is 0 Å². The third-order valence-electron chi connectivity index (χ3n) is 3.32. The van der Waals surface area contributed by atoms with Gasteiger partial charge in [0.15, 0.2) is 9.84 Å². The smallest absolute Gasteiger partial charge is 0.150 e. The van der Waals surface area contributed by atoms with Gasteiger partial charge in [0.05, 0.1) is 11.4 Å². The third kappa shape index (κ3) is 5.17. The number of hydrogen-bond acceptors (Lipinski definition) is 5. The molecule has 1 aliphatic heterocycles. The first kappa shape index (κ1) is 16.0. The van der Waals surface area contributed by atoms with Gasteiger partial charge in [-0.3, -0.25) is 0 Å². The summed E-state index contributed by atoms with van der Waals surface area (Å²) < 4.78 is 41.5. The van der Waals surface area contributed by atoms with Gasteiger partial charge in [-0.15, -0.1) is 0 Å². The van der Waals surface area contributed by atoms with E-state index in [1.165, 1.54) is 6.07 Å². The lowest BCUT2D eigenvalue weighted by molar-refractivity contribution is 0.339. The molecule has 0 aliphatic carbocycles. The van der Waals surface area contributed by atoms with Gasteiger partial charge >= 0.3 is 0 Å². The maximum absolute atomic E-state index is 14.2. The lowest BCUT2D eigenvalue weighted by Gasteiger charge is -2.23. The average molecular weight is 316 g/mol. The second-order valence-electron chi connectivity index (χ2n) is 5.18. The molecule has 2 rings (SSSR count). The van der Waals surface area contributed by atoms with Crippen molar-refractivity contribution < 1.29 is 17.5 Å². The number of benzene rings is 1. The highest BCUT2D eigenvalue weighted by atomic mass is 32.2. The van der Waals surface area contributed by atoms with Crippen LogP contribution in [0.4, 0.5) is 10.1 Å². The Morgan fingerprint density at radius 1 is 1.33 bits per heavy atom.